The number of anilines is 1. The van der Waals surface area contributed by atoms with Crippen molar-refractivity contribution in [1.82, 2.24) is 9.71 Å². The number of halogens is 1. The summed E-state index contributed by atoms with van der Waals surface area (Å²) in [6.07, 6.45) is 3.31. The second-order valence-electron chi connectivity index (χ2n) is 3.98. The van der Waals surface area contributed by atoms with E-state index in [1.165, 1.54) is 12.3 Å². The van der Waals surface area contributed by atoms with Crippen LogP contribution in [0, 0.1) is 5.82 Å². The van der Waals surface area contributed by atoms with E-state index < -0.39 is 16.8 Å². The number of rotatable bonds is 3. The van der Waals surface area contributed by atoms with Crippen LogP contribution in [0.5, 0.6) is 0 Å². The average molecular weight is 257 g/mol. The van der Waals surface area contributed by atoms with Gasteiger partial charge >= 0.3 is 0 Å². The first-order chi connectivity index (χ1) is 8.22. The summed E-state index contributed by atoms with van der Waals surface area (Å²) >= 11 is 0. The van der Waals surface area contributed by atoms with Crippen LogP contribution in [0.4, 0.5) is 10.2 Å². The zero-order valence-electron chi connectivity index (χ0n) is 9.78. The van der Waals surface area contributed by atoms with Gasteiger partial charge in [-0.3, -0.25) is 0 Å². The van der Waals surface area contributed by atoms with Crippen LogP contribution >= 0.6 is 0 Å². The highest BCUT2D eigenvalue weighted by molar-refractivity contribution is 7.83. The third-order valence-electron chi connectivity index (χ3n) is 2.70. The van der Waals surface area contributed by atoms with E-state index in [1.54, 1.807) is 0 Å². The van der Waals surface area contributed by atoms with Gasteiger partial charge < -0.3 is 4.90 Å². The monoisotopic (exact) mass is 257 g/mol. The summed E-state index contributed by atoms with van der Waals surface area (Å²) in [6.45, 7) is 4.35. The summed E-state index contributed by atoms with van der Waals surface area (Å²) in [5, 5.41) is 0. The maximum Gasteiger partial charge on any atom is 0.146 e. The van der Waals surface area contributed by atoms with Crippen LogP contribution < -0.4 is 9.62 Å². The Hall–Kier alpha value is -1.01. The molecule has 0 saturated carbocycles. The highest BCUT2D eigenvalue weighted by atomic mass is 32.2. The Morgan fingerprint density at radius 2 is 2.47 bits per heavy atom. The highest BCUT2D eigenvalue weighted by Crippen LogP contribution is 2.23. The predicted octanol–water partition coefficient (Wildman–Crippen LogP) is 1.45. The summed E-state index contributed by atoms with van der Waals surface area (Å²) in [5.74, 6) is 0.194. The molecule has 0 aromatic carbocycles. The minimum atomic E-state index is -1.36. The third kappa shape index (κ3) is 2.81. The smallest absolute Gasteiger partial charge is 0.146 e. The molecule has 1 aliphatic heterocycles. The van der Waals surface area contributed by atoms with Crippen molar-refractivity contribution in [2.45, 2.75) is 24.7 Å². The number of hydrogen-bond acceptors (Lipinski definition) is 3. The minimum absolute atomic E-state index is 0.443. The maximum atomic E-state index is 13.1. The summed E-state index contributed by atoms with van der Waals surface area (Å²) < 4.78 is 27.8. The largest absolute Gasteiger partial charge is 0.354 e. The first kappa shape index (κ1) is 12.4. The maximum absolute atomic E-state index is 13.1. The molecule has 2 heterocycles. The van der Waals surface area contributed by atoms with Gasteiger partial charge in [0.25, 0.3) is 0 Å². The van der Waals surface area contributed by atoms with Crippen molar-refractivity contribution < 1.29 is 8.60 Å². The molecule has 1 aliphatic rings. The van der Waals surface area contributed by atoms with E-state index in [-0.39, 0.29) is 0 Å². The van der Waals surface area contributed by atoms with E-state index in [1.807, 2.05) is 0 Å². The topological polar surface area (TPSA) is 45.2 Å². The minimum Gasteiger partial charge on any atom is -0.354 e. The second-order valence-corrected chi connectivity index (χ2v) is 5.24. The summed E-state index contributed by atoms with van der Waals surface area (Å²) in [4.78, 5) is 6.59. The van der Waals surface area contributed by atoms with Gasteiger partial charge in [-0.2, -0.15) is 0 Å². The Labute approximate surface area is 103 Å². The van der Waals surface area contributed by atoms with Crippen molar-refractivity contribution in [2.24, 2.45) is 0 Å². The summed E-state index contributed by atoms with van der Waals surface area (Å²) in [5.41, 5.74) is 0. The number of unbranched alkanes of at least 4 members (excludes halogenated alkanes) is 1. The number of nitrogens with zero attached hydrogens (tertiary/aromatic N) is 2. The zero-order valence-corrected chi connectivity index (χ0v) is 10.6. The zero-order chi connectivity index (χ0) is 12.3. The quantitative estimate of drug-likeness (QED) is 0.891. The molecule has 0 spiro atoms. The molecular weight excluding hydrogens is 241 g/mol. The van der Waals surface area contributed by atoms with Gasteiger partial charge in [-0.1, -0.05) is 13.3 Å². The fourth-order valence-electron chi connectivity index (χ4n) is 1.81. The lowest BCUT2D eigenvalue weighted by Gasteiger charge is -2.22. The molecule has 2 rings (SSSR count). The Bertz CT molecular complexity index is 427. The van der Waals surface area contributed by atoms with E-state index in [2.05, 4.69) is 21.5 Å². The molecule has 1 aromatic rings. The van der Waals surface area contributed by atoms with Gasteiger partial charge in [0.1, 0.15) is 22.6 Å². The van der Waals surface area contributed by atoms with Gasteiger partial charge in [-0.25, -0.2) is 18.3 Å². The molecule has 0 bridgehead atoms. The lowest BCUT2D eigenvalue weighted by atomic mass is 10.3. The molecule has 94 valence electrons. The Kier molecular flexibility index (Phi) is 4.06. The van der Waals surface area contributed by atoms with E-state index in [0.717, 1.165) is 25.9 Å². The van der Waals surface area contributed by atoms with Crippen molar-refractivity contribution in [1.29, 1.82) is 0 Å². The SMILES string of the molecule is CCCCN1CCNS(=O)c2cc(F)cnc21. The number of nitrogens with one attached hydrogen (secondary N) is 1. The standard InChI is InChI=1S/C11H16FN3OS/c1-2-3-5-15-6-4-14-17(16)10-7-9(12)8-13-11(10)15/h7-8,14H,2-6H2,1H3. The average Bonchev–Trinajstić information content (AvgIpc) is 2.47. The molecule has 4 nitrogen and oxygen atoms in total. The van der Waals surface area contributed by atoms with Gasteiger partial charge in [0.05, 0.1) is 11.1 Å². The van der Waals surface area contributed by atoms with Crippen molar-refractivity contribution in [3.05, 3.63) is 18.1 Å². The van der Waals surface area contributed by atoms with Crippen LogP contribution in [0.2, 0.25) is 0 Å². The van der Waals surface area contributed by atoms with E-state index in [0.29, 0.717) is 17.3 Å². The molecule has 0 saturated heterocycles. The van der Waals surface area contributed by atoms with E-state index in [9.17, 15) is 8.60 Å². The van der Waals surface area contributed by atoms with Gasteiger partial charge in [0.15, 0.2) is 0 Å². The molecular formula is C11H16FN3OS. The second kappa shape index (κ2) is 5.55. The Morgan fingerprint density at radius 1 is 1.65 bits per heavy atom. The first-order valence-electron chi connectivity index (χ1n) is 5.78. The molecule has 1 aromatic heterocycles. The predicted molar refractivity (Wildman–Crippen MR) is 65.7 cm³/mol. The summed E-state index contributed by atoms with van der Waals surface area (Å²) in [6, 6.07) is 1.30. The van der Waals surface area contributed by atoms with Gasteiger partial charge in [0, 0.05) is 19.6 Å². The number of aromatic nitrogens is 1. The van der Waals surface area contributed by atoms with E-state index in [4.69, 9.17) is 0 Å². The Balaban J connectivity index is 2.33. The van der Waals surface area contributed by atoms with E-state index >= 15 is 0 Å². The summed E-state index contributed by atoms with van der Waals surface area (Å²) in [7, 11) is -1.36. The molecule has 1 N–H and O–H groups in total. The third-order valence-corrected chi connectivity index (χ3v) is 3.86. The van der Waals surface area contributed by atoms with Crippen LogP contribution in [0.1, 0.15) is 19.8 Å². The Morgan fingerprint density at radius 3 is 3.24 bits per heavy atom. The molecule has 0 radical (unpaired) electrons. The lowest BCUT2D eigenvalue weighted by Crippen LogP contribution is -2.30. The first-order valence-corrected chi connectivity index (χ1v) is 6.93. The molecule has 0 fully saturated rings. The molecule has 1 unspecified atom stereocenters. The van der Waals surface area contributed by atoms with Crippen LogP contribution in [-0.2, 0) is 11.0 Å². The number of pyridine rings is 1. The number of hydrogen-bond donors (Lipinski definition) is 1. The van der Waals surface area contributed by atoms with Gasteiger partial charge in [-0.05, 0) is 12.5 Å². The number of fused-ring (bicyclic) bond motifs is 1. The molecule has 0 aliphatic carbocycles. The van der Waals surface area contributed by atoms with Crippen LogP contribution in [0.25, 0.3) is 0 Å². The molecule has 6 heteroatoms. The van der Waals surface area contributed by atoms with Crippen LogP contribution in [0.3, 0.4) is 0 Å². The van der Waals surface area contributed by atoms with Crippen LogP contribution in [-0.4, -0.2) is 28.8 Å². The normalized spacial score (nSPS) is 19.9. The van der Waals surface area contributed by atoms with Gasteiger partial charge in [-0.15, -0.1) is 0 Å². The fourth-order valence-corrected chi connectivity index (χ4v) is 2.81. The van der Waals surface area contributed by atoms with Gasteiger partial charge in [0.2, 0.25) is 0 Å². The van der Waals surface area contributed by atoms with Crippen molar-refractivity contribution in [3.63, 3.8) is 0 Å². The molecule has 1 atom stereocenters. The van der Waals surface area contributed by atoms with Crippen molar-refractivity contribution >= 4 is 16.8 Å². The lowest BCUT2D eigenvalue weighted by molar-refractivity contribution is 0.613. The molecule has 0 amide bonds. The van der Waals surface area contributed by atoms with Crippen molar-refractivity contribution in [2.75, 3.05) is 24.5 Å². The molecule has 17 heavy (non-hydrogen) atoms. The fraction of sp³-hybridized carbons (Fsp3) is 0.545. The highest BCUT2D eigenvalue weighted by Gasteiger charge is 2.21. The van der Waals surface area contributed by atoms with Crippen molar-refractivity contribution in [3.8, 4) is 0 Å². The van der Waals surface area contributed by atoms with Crippen LogP contribution in [0.15, 0.2) is 17.2 Å².